The van der Waals surface area contributed by atoms with E-state index in [1.165, 1.54) is 18.2 Å². The average molecular weight is 265 g/mol. The second kappa shape index (κ2) is 5.22. The van der Waals surface area contributed by atoms with E-state index in [0.717, 1.165) is 6.20 Å². The van der Waals surface area contributed by atoms with Crippen LogP contribution in [-0.4, -0.2) is 10.8 Å². The second-order valence-corrected chi connectivity index (χ2v) is 4.17. The molecule has 0 bridgehead atoms. The molecule has 0 atom stereocenters. The van der Waals surface area contributed by atoms with Crippen molar-refractivity contribution in [3.63, 3.8) is 0 Å². The van der Waals surface area contributed by atoms with Gasteiger partial charge in [-0.2, -0.15) is 0 Å². The molecule has 1 aromatic heterocycles. The maximum atomic E-state index is 13.4. The summed E-state index contributed by atoms with van der Waals surface area (Å²) in [5.74, 6) is -2.79. The topological polar surface area (TPSA) is 30.0 Å². The van der Waals surface area contributed by atoms with Gasteiger partial charge in [0, 0.05) is 12.5 Å². The summed E-state index contributed by atoms with van der Waals surface area (Å²) in [7, 11) is 0. The van der Waals surface area contributed by atoms with Crippen LogP contribution in [0.15, 0.2) is 30.5 Å². The number of aryl methyl sites for hydroxylation is 1. The van der Waals surface area contributed by atoms with Crippen molar-refractivity contribution in [1.29, 1.82) is 0 Å². The maximum absolute atomic E-state index is 13.4. The highest BCUT2D eigenvalue weighted by atomic mass is 19.1. The molecule has 0 aliphatic carbocycles. The molecule has 98 valence electrons. The predicted octanol–water partition coefficient (Wildman–Crippen LogP) is 3.23. The van der Waals surface area contributed by atoms with Crippen LogP contribution in [-0.2, 0) is 6.42 Å². The first-order valence-electron chi connectivity index (χ1n) is 5.56. The average Bonchev–Trinajstić information content (AvgIpc) is 2.33. The van der Waals surface area contributed by atoms with E-state index >= 15 is 0 Å². The summed E-state index contributed by atoms with van der Waals surface area (Å²) >= 11 is 0. The molecular formula is C14H10F3NO. The molecule has 0 saturated heterocycles. The standard InChI is InChI=1S/C14H10F3NO/c1-8-4-9(2-3-11(8)16)5-13(19)14-12(17)6-10(15)7-18-14/h2-4,6-7H,5H2,1H3. The highest BCUT2D eigenvalue weighted by molar-refractivity contribution is 5.95. The SMILES string of the molecule is Cc1cc(CC(=O)c2ncc(F)cc2F)ccc1F. The molecule has 19 heavy (non-hydrogen) atoms. The monoisotopic (exact) mass is 265 g/mol. The van der Waals surface area contributed by atoms with Gasteiger partial charge in [-0.1, -0.05) is 12.1 Å². The van der Waals surface area contributed by atoms with E-state index in [0.29, 0.717) is 17.2 Å². The van der Waals surface area contributed by atoms with E-state index in [1.807, 2.05) is 0 Å². The molecule has 1 aromatic carbocycles. The van der Waals surface area contributed by atoms with Crippen molar-refractivity contribution in [1.82, 2.24) is 4.98 Å². The molecule has 1 heterocycles. The van der Waals surface area contributed by atoms with E-state index in [2.05, 4.69) is 4.98 Å². The van der Waals surface area contributed by atoms with E-state index in [-0.39, 0.29) is 12.2 Å². The third-order valence-electron chi connectivity index (χ3n) is 2.66. The minimum Gasteiger partial charge on any atom is -0.292 e. The number of ketones is 1. The first kappa shape index (κ1) is 13.3. The molecule has 0 aliphatic heterocycles. The molecule has 0 radical (unpaired) electrons. The van der Waals surface area contributed by atoms with Crippen LogP contribution in [0.5, 0.6) is 0 Å². The Balaban J connectivity index is 2.23. The van der Waals surface area contributed by atoms with Crippen molar-refractivity contribution in [3.8, 4) is 0 Å². The van der Waals surface area contributed by atoms with Gasteiger partial charge in [0.2, 0.25) is 0 Å². The van der Waals surface area contributed by atoms with Crippen molar-refractivity contribution >= 4 is 5.78 Å². The zero-order chi connectivity index (χ0) is 14.0. The highest BCUT2D eigenvalue weighted by Gasteiger charge is 2.15. The first-order valence-corrected chi connectivity index (χ1v) is 5.56. The minimum atomic E-state index is -0.996. The Morgan fingerprint density at radius 2 is 1.89 bits per heavy atom. The number of hydrogen-bond donors (Lipinski definition) is 0. The Labute approximate surface area is 107 Å². The summed E-state index contributed by atoms with van der Waals surface area (Å²) < 4.78 is 39.1. The fraction of sp³-hybridized carbons (Fsp3) is 0.143. The van der Waals surface area contributed by atoms with Gasteiger partial charge in [0.15, 0.2) is 11.6 Å². The summed E-state index contributed by atoms with van der Waals surface area (Å²) in [6.45, 7) is 1.57. The van der Waals surface area contributed by atoms with Crippen LogP contribution in [0.3, 0.4) is 0 Å². The van der Waals surface area contributed by atoms with Crippen LogP contribution in [0, 0.1) is 24.4 Å². The van der Waals surface area contributed by atoms with E-state index in [9.17, 15) is 18.0 Å². The quantitative estimate of drug-likeness (QED) is 0.797. The molecule has 0 N–H and O–H groups in total. The Morgan fingerprint density at radius 3 is 2.53 bits per heavy atom. The number of hydrogen-bond acceptors (Lipinski definition) is 2. The van der Waals surface area contributed by atoms with Crippen molar-refractivity contribution in [2.45, 2.75) is 13.3 Å². The zero-order valence-corrected chi connectivity index (χ0v) is 10.1. The van der Waals surface area contributed by atoms with E-state index in [1.54, 1.807) is 6.92 Å². The van der Waals surface area contributed by atoms with Crippen LogP contribution in [0.1, 0.15) is 21.6 Å². The molecule has 0 saturated carbocycles. The lowest BCUT2D eigenvalue weighted by Crippen LogP contribution is -2.09. The lowest BCUT2D eigenvalue weighted by Gasteiger charge is -2.04. The number of pyridine rings is 1. The normalized spacial score (nSPS) is 10.5. The van der Waals surface area contributed by atoms with Gasteiger partial charge in [0.1, 0.15) is 17.3 Å². The van der Waals surface area contributed by atoms with Gasteiger partial charge in [-0.3, -0.25) is 4.79 Å². The summed E-state index contributed by atoms with van der Waals surface area (Å²) in [5, 5.41) is 0. The third-order valence-corrected chi connectivity index (χ3v) is 2.66. The number of Topliss-reactive ketones (excluding diaryl/α,β-unsaturated/α-hetero) is 1. The van der Waals surface area contributed by atoms with Gasteiger partial charge < -0.3 is 0 Å². The first-order chi connectivity index (χ1) is 8.97. The lowest BCUT2D eigenvalue weighted by molar-refractivity contribution is 0.0983. The molecule has 0 unspecified atom stereocenters. The number of carbonyl (C=O) groups excluding carboxylic acids is 1. The molecular weight excluding hydrogens is 255 g/mol. The van der Waals surface area contributed by atoms with Gasteiger partial charge >= 0.3 is 0 Å². The molecule has 2 rings (SSSR count). The van der Waals surface area contributed by atoms with Gasteiger partial charge in [0.25, 0.3) is 0 Å². The number of halogens is 3. The van der Waals surface area contributed by atoms with Gasteiger partial charge in [0.05, 0.1) is 6.20 Å². The van der Waals surface area contributed by atoms with Crippen molar-refractivity contribution in [2.24, 2.45) is 0 Å². The Bertz CT molecular complexity index is 641. The Hall–Kier alpha value is -2.17. The smallest absolute Gasteiger partial charge is 0.188 e. The highest BCUT2D eigenvalue weighted by Crippen LogP contribution is 2.13. The van der Waals surface area contributed by atoms with Crippen molar-refractivity contribution in [2.75, 3.05) is 0 Å². The van der Waals surface area contributed by atoms with Gasteiger partial charge in [-0.05, 0) is 24.1 Å². The van der Waals surface area contributed by atoms with Crippen molar-refractivity contribution in [3.05, 3.63) is 64.7 Å². The Kier molecular flexibility index (Phi) is 3.64. The van der Waals surface area contributed by atoms with Gasteiger partial charge in [-0.25, -0.2) is 18.2 Å². The van der Waals surface area contributed by atoms with E-state index < -0.39 is 23.1 Å². The molecule has 5 heteroatoms. The van der Waals surface area contributed by atoms with Gasteiger partial charge in [-0.15, -0.1) is 0 Å². The minimum absolute atomic E-state index is 0.114. The molecule has 2 nitrogen and oxygen atoms in total. The summed E-state index contributed by atoms with van der Waals surface area (Å²) in [4.78, 5) is 15.3. The largest absolute Gasteiger partial charge is 0.292 e. The number of rotatable bonds is 3. The summed E-state index contributed by atoms with van der Waals surface area (Å²) in [6, 6.07) is 4.80. The van der Waals surface area contributed by atoms with Crippen molar-refractivity contribution < 1.29 is 18.0 Å². The van der Waals surface area contributed by atoms with Crippen LogP contribution in [0.25, 0.3) is 0 Å². The second-order valence-electron chi connectivity index (χ2n) is 4.17. The number of aromatic nitrogens is 1. The lowest BCUT2D eigenvalue weighted by atomic mass is 10.0. The number of benzene rings is 1. The number of carbonyl (C=O) groups is 1. The van der Waals surface area contributed by atoms with Crippen LogP contribution in [0.2, 0.25) is 0 Å². The van der Waals surface area contributed by atoms with Crippen LogP contribution >= 0.6 is 0 Å². The van der Waals surface area contributed by atoms with Crippen LogP contribution < -0.4 is 0 Å². The molecule has 0 amide bonds. The number of nitrogens with zero attached hydrogens (tertiary/aromatic N) is 1. The fourth-order valence-electron chi connectivity index (χ4n) is 1.71. The third kappa shape index (κ3) is 2.99. The summed E-state index contributed by atoms with van der Waals surface area (Å²) in [5.41, 5.74) is 0.538. The molecule has 0 spiro atoms. The summed E-state index contributed by atoms with van der Waals surface area (Å²) in [6.07, 6.45) is 0.670. The fourth-order valence-corrected chi connectivity index (χ4v) is 1.71. The zero-order valence-electron chi connectivity index (χ0n) is 10.1. The van der Waals surface area contributed by atoms with Crippen LogP contribution in [0.4, 0.5) is 13.2 Å². The Morgan fingerprint density at radius 1 is 1.16 bits per heavy atom. The predicted molar refractivity (Wildman–Crippen MR) is 63.3 cm³/mol. The molecule has 2 aromatic rings. The molecule has 0 aliphatic rings. The van der Waals surface area contributed by atoms with E-state index in [4.69, 9.17) is 0 Å². The maximum Gasteiger partial charge on any atom is 0.188 e. The molecule has 0 fully saturated rings.